The number of rotatable bonds is 10. The van der Waals surface area contributed by atoms with E-state index in [0.717, 1.165) is 12.8 Å². The van der Waals surface area contributed by atoms with E-state index in [0.29, 0.717) is 36.6 Å². The van der Waals surface area contributed by atoms with E-state index in [2.05, 4.69) is 22.2 Å². The first-order chi connectivity index (χ1) is 11.6. The van der Waals surface area contributed by atoms with E-state index >= 15 is 0 Å². The quantitative estimate of drug-likeness (QED) is 0.565. The molecule has 0 saturated heterocycles. The second-order valence-electron chi connectivity index (χ2n) is 6.00. The minimum atomic E-state index is -0.470. The van der Waals surface area contributed by atoms with Gasteiger partial charge in [0.25, 0.3) is 5.56 Å². The lowest BCUT2D eigenvalue weighted by molar-refractivity contribution is 0.292. The van der Waals surface area contributed by atoms with Gasteiger partial charge in [-0.2, -0.15) is 4.98 Å². The number of nitrogens with one attached hydrogen (secondary N) is 2. The molecule has 8 heteroatoms. The number of aromatic amines is 1. The highest BCUT2D eigenvalue weighted by Crippen LogP contribution is 2.17. The van der Waals surface area contributed by atoms with Crippen LogP contribution in [0.3, 0.4) is 0 Å². The molecule has 0 fully saturated rings. The van der Waals surface area contributed by atoms with E-state index in [-0.39, 0.29) is 6.61 Å². The maximum absolute atomic E-state index is 12.3. The predicted molar refractivity (Wildman–Crippen MR) is 94.5 cm³/mol. The molecule has 2 aromatic heterocycles. The maximum Gasteiger partial charge on any atom is 0.329 e. The molecule has 0 aromatic carbocycles. The minimum absolute atomic E-state index is 0.0866. The molecule has 0 radical (unpaired) electrons. The van der Waals surface area contributed by atoms with Gasteiger partial charge in [-0.3, -0.25) is 14.3 Å². The van der Waals surface area contributed by atoms with Crippen molar-refractivity contribution in [2.45, 2.75) is 52.0 Å². The predicted octanol–water partition coefficient (Wildman–Crippen LogP) is 1.19. The summed E-state index contributed by atoms with van der Waals surface area (Å²) >= 11 is 0. The summed E-state index contributed by atoms with van der Waals surface area (Å²) in [5.41, 5.74) is -0.0886. The number of imidazole rings is 1. The highest BCUT2D eigenvalue weighted by molar-refractivity contribution is 5.74. The molecule has 0 bridgehead atoms. The summed E-state index contributed by atoms with van der Waals surface area (Å²) in [6, 6.07) is 0. The van der Waals surface area contributed by atoms with Crippen molar-refractivity contribution in [3.63, 3.8) is 0 Å². The number of hydrogen-bond donors (Lipinski definition) is 3. The molecule has 134 valence electrons. The van der Waals surface area contributed by atoms with E-state index in [1.54, 1.807) is 7.05 Å². The fourth-order valence-corrected chi connectivity index (χ4v) is 2.74. The average Bonchev–Trinajstić information content (AvgIpc) is 2.92. The molecule has 2 aromatic rings. The van der Waals surface area contributed by atoms with Crippen molar-refractivity contribution in [3.05, 3.63) is 20.8 Å². The Labute approximate surface area is 140 Å². The largest absolute Gasteiger partial charge is 0.396 e. The zero-order valence-electron chi connectivity index (χ0n) is 14.5. The van der Waals surface area contributed by atoms with Crippen LogP contribution < -0.4 is 16.6 Å². The summed E-state index contributed by atoms with van der Waals surface area (Å²) in [4.78, 5) is 30.8. The van der Waals surface area contributed by atoms with E-state index in [9.17, 15) is 9.59 Å². The van der Waals surface area contributed by atoms with Gasteiger partial charge >= 0.3 is 5.69 Å². The van der Waals surface area contributed by atoms with Gasteiger partial charge in [-0.15, -0.1) is 0 Å². The third-order valence-electron chi connectivity index (χ3n) is 4.11. The number of aliphatic hydroxyl groups excluding tert-OH is 1. The Morgan fingerprint density at radius 1 is 1.17 bits per heavy atom. The van der Waals surface area contributed by atoms with Gasteiger partial charge < -0.3 is 15.0 Å². The van der Waals surface area contributed by atoms with Crippen LogP contribution in [0.2, 0.25) is 0 Å². The minimum Gasteiger partial charge on any atom is -0.396 e. The lowest BCUT2D eigenvalue weighted by atomic mass is 10.1. The van der Waals surface area contributed by atoms with Crippen LogP contribution in [0.4, 0.5) is 5.95 Å². The van der Waals surface area contributed by atoms with Gasteiger partial charge in [0.1, 0.15) is 0 Å². The van der Waals surface area contributed by atoms with Gasteiger partial charge in [-0.1, -0.05) is 32.6 Å². The van der Waals surface area contributed by atoms with Gasteiger partial charge in [0.05, 0.1) is 0 Å². The van der Waals surface area contributed by atoms with E-state index < -0.39 is 11.2 Å². The SMILES string of the molecule is CCCCCCCn1c(NCCCO)nc2c1c(=O)[nH]c(=O)n2C. The number of fused-ring (bicyclic) bond motifs is 1. The Morgan fingerprint density at radius 3 is 2.62 bits per heavy atom. The Hall–Kier alpha value is -2.09. The maximum atomic E-state index is 12.3. The number of anilines is 1. The molecule has 0 atom stereocenters. The molecular formula is C16H27N5O3. The Bertz CT molecular complexity index is 774. The Kier molecular flexibility index (Phi) is 6.60. The number of hydrogen-bond acceptors (Lipinski definition) is 5. The van der Waals surface area contributed by atoms with Crippen LogP contribution >= 0.6 is 0 Å². The number of H-pyrrole nitrogens is 1. The topological polar surface area (TPSA) is 105 Å². The highest BCUT2D eigenvalue weighted by Gasteiger charge is 2.16. The van der Waals surface area contributed by atoms with Crippen LogP contribution in [0.15, 0.2) is 9.59 Å². The fourth-order valence-electron chi connectivity index (χ4n) is 2.74. The summed E-state index contributed by atoms with van der Waals surface area (Å²) in [7, 11) is 1.59. The van der Waals surface area contributed by atoms with Crippen molar-refractivity contribution in [2.75, 3.05) is 18.5 Å². The van der Waals surface area contributed by atoms with Gasteiger partial charge in [-0.25, -0.2) is 4.79 Å². The zero-order valence-corrected chi connectivity index (χ0v) is 14.5. The Morgan fingerprint density at radius 2 is 1.92 bits per heavy atom. The van der Waals surface area contributed by atoms with Gasteiger partial charge in [0.2, 0.25) is 5.95 Å². The zero-order chi connectivity index (χ0) is 17.5. The molecule has 0 spiro atoms. The monoisotopic (exact) mass is 337 g/mol. The molecule has 8 nitrogen and oxygen atoms in total. The van der Waals surface area contributed by atoms with Gasteiger partial charge in [0, 0.05) is 26.7 Å². The first kappa shape index (κ1) is 18.3. The smallest absolute Gasteiger partial charge is 0.329 e. The molecule has 3 N–H and O–H groups in total. The summed E-state index contributed by atoms with van der Waals surface area (Å²) < 4.78 is 3.19. The standard InChI is InChI=1S/C16H27N5O3/c1-3-4-5-6-7-10-21-12-13(18-15(21)17-9-8-11-22)20(2)16(24)19-14(12)23/h22H,3-11H2,1-2H3,(H,17,18)(H,19,23,24). The molecule has 2 heterocycles. The molecule has 0 aliphatic carbocycles. The first-order valence-electron chi connectivity index (χ1n) is 8.64. The second-order valence-corrected chi connectivity index (χ2v) is 6.00. The highest BCUT2D eigenvalue weighted by atomic mass is 16.3. The van der Waals surface area contributed by atoms with Crippen LogP contribution in [-0.2, 0) is 13.6 Å². The van der Waals surface area contributed by atoms with Crippen LogP contribution in [0.1, 0.15) is 45.4 Å². The lowest BCUT2D eigenvalue weighted by Gasteiger charge is -2.10. The third kappa shape index (κ3) is 4.05. The van der Waals surface area contributed by atoms with E-state index in [4.69, 9.17) is 5.11 Å². The third-order valence-corrected chi connectivity index (χ3v) is 4.11. The molecular weight excluding hydrogens is 310 g/mol. The molecule has 24 heavy (non-hydrogen) atoms. The van der Waals surface area contributed by atoms with Crippen molar-refractivity contribution >= 4 is 17.1 Å². The molecule has 0 aliphatic heterocycles. The van der Waals surface area contributed by atoms with Crippen LogP contribution in [-0.4, -0.2) is 37.4 Å². The second kappa shape index (κ2) is 8.68. The van der Waals surface area contributed by atoms with Crippen molar-refractivity contribution in [2.24, 2.45) is 7.05 Å². The van der Waals surface area contributed by atoms with Crippen molar-refractivity contribution in [3.8, 4) is 0 Å². The van der Waals surface area contributed by atoms with E-state index in [1.807, 2.05) is 4.57 Å². The normalized spacial score (nSPS) is 11.3. The fraction of sp³-hybridized carbons (Fsp3) is 0.688. The van der Waals surface area contributed by atoms with Gasteiger partial charge in [-0.05, 0) is 12.8 Å². The summed E-state index contributed by atoms with van der Waals surface area (Å²) in [5, 5.41) is 12.1. The van der Waals surface area contributed by atoms with Crippen LogP contribution in [0.5, 0.6) is 0 Å². The first-order valence-corrected chi connectivity index (χ1v) is 8.64. The van der Waals surface area contributed by atoms with Gasteiger partial charge in [0.15, 0.2) is 11.2 Å². The number of nitrogens with zero attached hydrogens (tertiary/aromatic N) is 3. The molecule has 0 aliphatic rings. The molecule has 0 unspecified atom stereocenters. The van der Waals surface area contributed by atoms with Crippen molar-refractivity contribution < 1.29 is 5.11 Å². The van der Waals surface area contributed by atoms with Crippen LogP contribution in [0.25, 0.3) is 11.2 Å². The van der Waals surface area contributed by atoms with E-state index in [1.165, 1.54) is 23.8 Å². The average molecular weight is 337 g/mol. The molecule has 0 amide bonds. The van der Waals surface area contributed by atoms with Crippen molar-refractivity contribution in [1.82, 2.24) is 19.1 Å². The number of aromatic nitrogens is 4. The number of unbranched alkanes of at least 4 members (excludes halogenated alkanes) is 4. The number of aliphatic hydroxyl groups is 1. The molecule has 2 rings (SSSR count). The molecule has 0 saturated carbocycles. The summed E-state index contributed by atoms with van der Waals surface area (Å²) in [5.74, 6) is 0.570. The van der Waals surface area contributed by atoms with Crippen molar-refractivity contribution in [1.29, 1.82) is 0 Å². The summed E-state index contributed by atoms with van der Waals surface area (Å²) in [6.45, 7) is 3.49. The Balaban J connectivity index is 2.32. The lowest BCUT2D eigenvalue weighted by Crippen LogP contribution is -2.29. The number of aryl methyl sites for hydroxylation is 2. The summed E-state index contributed by atoms with van der Waals surface area (Å²) in [6.07, 6.45) is 6.20. The van der Waals surface area contributed by atoms with Crippen LogP contribution in [0, 0.1) is 0 Å².